The minimum atomic E-state index is 0.119. The number of benzene rings is 2. The van der Waals surface area contributed by atoms with E-state index in [0.717, 1.165) is 13.0 Å². The fraction of sp³-hybridized carbons (Fsp3) is 0.294. The molecular weight excluding hydrogens is 220 g/mol. The van der Waals surface area contributed by atoms with Gasteiger partial charge in [0.15, 0.2) is 0 Å². The molecule has 4 rings (SSSR count). The Balaban J connectivity index is 1.96. The first-order valence-corrected chi connectivity index (χ1v) is 6.60. The van der Waals surface area contributed by atoms with Gasteiger partial charge in [-0.25, -0.2) is 0 Å². The van der Waals surface area contributed by atoms with E-state index < -0.39 is 0 Å². The second kappa shape index (κ2) is 3.46. The monoisotopic (exact) mass is 236 g/mol. The first-order valence-electron chi connectivity index (χ1n) is 6.60. The van der Waals surface area contributed by atoms with Crippen LogP contribution < -0.4 is 0 Å². The van der Waals surface area contributed by atoms with Crippen LogP contribution in [0.1, 0.15) is 24.5 Å². The van der Waals surface area contributed by atoms with Crippen molar-refractivity contribution in [2.45, 2.75) is 24.9 Å². The normalized spacial score (nSPS) is 22.4. The van der Waals surface area contributed by atoms with Crippen LogP contribution in [0.15, 0.2) is 48.5 Å². The Morgan fingerprint density at radius 3 is 2.00 bits per heavy atom. The van der Waals surface area contributed by atoms with Crippen LogP contribution in [0.3, 0.4) is 0 Å². The largest absolute Gasteiger partial charge is 0.373 e. The van der Waals surface area contributed by atoms with Gasteiger partial charge in [-0.2, -0.15) is 0 Å². The summed E-state index contributed by atoms with van der Waals surface area (Å²) in [7, 11) is 0. The predicted octanol–water partition coefficient (Wildman–Crippen LogP) is 3.76. The highest BCUT2D eigenvalue weighted by Crippen LogP contribution is 2.51. The number of ether oxygens (including phenoxy) is 1. The summed E-state index contributed by atoms with van der Waals surface area (Å²) in [6.07, 6.45) is 1.55. The highest BCUT2D eigenvalue weighted by atomic mass is 16.6. The lowest BCUT2D eigenvalue weighted by Gasteiger charge is -2.26. The molecule has 18 heavy (non-hydrogen) atoms. The molecule has 0 N–H and O–H groups in total. The molecule has 2 aliphatic rings. The predicted molar refractivity (Wildman–Crippen MR) is 72.7 cm³/mol. The molecule has 0 radical (unpaired) electrons. The molecule has 0 bridgehead atoms. The van der Waals surface area contributed by atoms with Gasteiger partial charge >= 0.3 is 0 Å². The summed E-state index contributed by atoms with van der Waals surface area (Å²) < 4.78 is 5.47. The number of rotatable bonds is 2. The second-order valence-corrected chi connectivity index (χ2v) is 5.58. The van der Waals surface area contributed by atoms with Crippen LogP contribution in [0.25, 0.3) is 11.1 Å². The van der Waals surface area contributed by atoms with Crippen molar-refractivity contribution in [3.8, 4) is 11.1 Å². The van der Waals surface area contributed by atoms with Crippen LogP contribution in [0.4, 0.5) is 0 Å². The summed E-state index contributed by atoms with van der Waals surface area (Å²) >= 11 is 0. The van der Waals surface area contributed by atoms with Gasteiger partial charge in [0.1, 0.15) is 0 Å². The minimum Gasteiger partial charge on any atom is -0.373 e. The fourth-order valence-corrected chi connectivity index (χ4v) is 3.40. The third kappa shape index (κ3) is 1.31. The zero-order valence-corrected chi connectivity index (χ0v) is 10.5. The lowest BCUT2D eigenvalue weighted by atomic mass is 9.76. The lowest BCUT2D eigenvalue weighted by Crippen LogP contribution is -2.22. The topological polar surface area (TPSA) is 12.5 Å². The summed E-state index contributed by atoms with van der Waals surface area (Å²) in [6.45, 7) is 3.29. The van der Waals surface area contributed by atoms with Crippen molar-refractivity contribution in [3.05, 3.63) is 59.7 Å². The maximum atomic E-state index is 5.47. The Kier molecular flexibility index (Phi) is 1.98. The average molecular weight is 236 g/mol. The first-order chi connectivity index (χ1) is 8.79. The lowest BCUT2D eigenvalue weighted by molar-refractivity contribution is 0.359. The Morgan fingerprint density at radius 2 is 1.50 bits per heavy atom. The molecule has 0 saturated carbocycles. The maximum absolute atomic E-state index is 5.47. The molecule has 1 atom stereocenters. The molecular formula is C17H16O. The highest BCUT2D eigenvalue weighted by molar-refractivity contribution is 5.80. The van der Waals surface area contributed by atoms with E-state index >= 15 is 0 Å². The Labute approximate surface area is 107 Å². The smallest absolute Gasteiger partial charge is 0.0821 e. The van der Waals surface area contributed by atoms with E-state index in [9.17, 15) is 0 Å². The van der Waals surface area contributed by atoms with Crippen LogP contribution in [0.5, 0.6) is 0 Å². The van der Waals surface area contributed by atoms with E-state index in [4.69, 9.17) is 4.74 Å². The van der Waals surface area contributed by atoms with E-state index in [-0.39, 0.29) is 5.41 Å². The van der Waals surface area contributed by atoms with Crippen LogP contribution >= 0.6 is 0 Å². The van der Waals surface area contributed by atoms with Gasteiger partial charge in [-0.05, 0) is 28.7 Å². The molecule has 1 aliphatic carbocycles. The van der Waals surface area contributed by atoms with Crippen molar-refractivity contribution in [1.29, 1.82) is 0 Å². The molecule has 90 valence electrons. The average Bonchev–Trinajstić information content (AvgIpc) is 3.18. The molecule has 1 heteroatoms. The third-order valence-electron chi connectivity index (χ3n) is 4.37. The summed E-state index contributed by atoms with van der Waals surface area (Å²) in [5.74, 6) is 0. The van der Waals surface area contributed by atoms with Gasteiger partial charge in [0.05, 0.1) is 12.7 Å². The van der Waals surface area contributed by atoms with Crippen molar-refractivity contribution in [3.63, 3.8) is 0 Å². The highest BCUT2D eigenvalue weighted by Gasteiger charge is 2.43. The van der Waals surface area contributed by atoms with Crippen LogP contribution in [0, 0.1) is 0 Å². The summed E-state index contributed by atoms with van der Waals surface area (Å²) in [5, 5.41) is 0. The number of hydrogen-bond donors (Lipinski definition) is 0. The van der Waals surface area contributed by atoms with Gasteiger partial charge in [-0.1, -0.05) is 55.5 Å². The fourth-order valence-electron chi connectivity index (χ4n) is 3.40. The maximum Gasteiger partial charge on any atom is 0.0821 e. The van der Waals surface area contributed by atoms with Crippen molar-refractivity contribution in [2.75, 3.05) is 6.61 Å². The minimum absolute atomic E-state index is 0.119. The Morgan fingerprint density at radius 1 is 1.00 bits per heavy atom. The van der Waals surface area contributed by atoms with Gasteiger partial charge in [-0.3, -0.25) is 0 Å². The first kappa shape index (κ1) is 10.3. The van der Waals surface area contributed by atoms with E-state index in [2.05, 4.69) is 55.5 Å². The van der Waals surface area contributed by atoms with Crippen molar-refractivity contribution in [2.24, 2.45) is 0 Å². The zero-order chi connectivity index (χ0) is 12.2. The SMILES string of the molecule is CC1(CC2CO2)c2ccccc2-c2ccccc21. The summed E-state index contributed by atoms with van der Waals surface area (Å²) in [4.78, 5) is 0. The van der Waals surface area contributed by atoms with Gasteiger partial charge in [-0.15, -0.1) is 0 Å². The quantitative estimate of drug-likeness (QED) is 0.723. The number of fused-ring (bicyclic) bond motifs is 3. The summed E-state index contributed by atoms with van der Waals surface area (Å²) in [5.41, 5.74) is 5.84. The molecule has 1 unspecified atom stereocenters. The Bertz CT molecular complexity index is 565. The van der Waals surface area contributed by atoms with Crippen LogP contribution in [-0.4, -0.2) is 12.7 Å². The Hall–Kier alpha value is -1.60. The van der Waals surface area contributed by atoms with Crippen molar-refractivity contribution in [1.82, 2.24) is 0 Å². The molecule has 1 fully saturated rings. The molecule has 0 aromatic heterocycles. The zero-order valence-electron chi connectivity index (χ0n) is 10.5. The summed E-state index contributed by atoms with van der Waals surface area (Å²) in [6, 6.07) is 17.6. The molecule has 1 nitrogen and oxygen atoms in total. The molecule has 0 amide bonds. The molecule has 2 aromatic rings. The van der Waals surface area contributed by atoms with Gasteiger partial charge < -0.3 is 4.74 Å². The van der Waals surface area contributed by atoms with Gasteiger partial charge in [0, 0.05) is 5.41 Å². The van der Waals surface area contributed by atoms with E-state index in [1.165, 1.54) is 22.3 Å². The molecule has 1 saturated heterocycles. The number of hydrogen-bond acceptors (Lipinski definition) is 1. The van der Waals surface area contributed by atoms with E-state index in [1.54, 1.807) is 0 Å². The van der Waals surface area contributed by atoms with Crippen LogP contribution in [0.2, 0.25) is 0 Å². The molecule has 0 spiro atoms. The standard InChI is InChI=1S/C17H16O/c1-17(10-12-11-18-12)15-8-4-2-6-13(15)14-7-3-5-9-16(14)17/h2-9,12H,10-11H2,1H3. The van der Waals surface area contributed by atoms with Crippen LogP contribution in [-0.2, 0) is 10.2 Å². The van der Waals surface area contributed by atoms with E-state index in [1.807, 2.05) is 0 Å². The molecule has 1 heterocycles. The van der Waals surface area contributed by atoms with Gasteiger partial charge in [0.2, 0.25) is 0 Å². The number of epoxide rings is 1. The van der Waals surface area contributed by atoms with Crippen molar-refractivity contribution < 1.29 is 4.74 Å². The van der Waals surface area contributed by atoms with E-state index in [0.29, 0.717) is 6.10 Å². The van der Waals surface area contributed by atoms with Crippen molar-refractivity contribution >= 4 is 0 Å². The second-order valence-electron chi connectivity index (χ2n) is 5.58. The molecule has 2 aromatic carbocycles. The third-order valence-corrected chi connectivity index (χ3v) is 4.37. The van der Waals surface area contributed by atoms with Gasteiger partial charge in [0.25, 0.3) is 0 Å². The molecule has 1 aliphatic heterocycles.